The molecule has 6 heteroatoms. The first kappa shape index (κ1) is 14.7. The van der Waals surface area contributed by atoms with Crippen molar-refractivity contribution in [2.75, 3.05) is 45.4 Å². The summed E-state index contributed by atoms with van der Waals surface area (Å²) in [5.74, 6) is 1.17. The molecule has 0 saturated carbocycles. The fourth-order valence-corrected chi connectivity index (χ4v) is 1.25. The van der Waals surface area contributed by atoms with Crippen molar-refractivity contribution >= 4 is 5.95 Å². The maximum Gasteiger partial charge on any atom is 0.225 e. The Kier molecular flexibility index (Phi) is 7.83. The van der Waals surface area contributed by atoms with E-state index >= 15 is 0 Å². The topological polar surface area (TPSA) is 65.5 Å². The molecule has 1 heterocycles. The van der Waals surface area contributed by atoms with Crippen LogP contribution in [0.3, 0.4) is 0 Å². The third-order valence-corrected chi connectivity index (χ3v) is 2.08. The van der Waals surface area contributed by atoms with Crippen molar-refractivity contribution in [3.05, 3.63) is 12.3 Å². The zero-order valence-corrected chi connectivity index (χ0v) is 11.0. The zero-order chi connectivity index (χ0) is 13.1. The number of ether oxygens (including phenoxy) is 3. The van der Waals surface area contributed by atoms with Gasteiger partial charge in [0.05, 0.1) is 19.8 Å². The molecule has 1 aromatic rings. The van der Waals surface area contributed by atoms with E-state index in [2.05, 4.69) is 15.3 Å². The van der Waals surface area contributed by atoms with Gasteiger partial charge in [-0.05, 0) is 6.92 Å². The average Bonchev–Trinajstić information content (AvgIpc) is 2.39. The fourth-order valence-electron chi connectivity index (χ4n) is 1.25. The van der Waals surface area contributed by atoms with E-state index in [1.165, 1.54) is 0 Å². The highest BCUT2D eigenvalue weighted by Crippen LogP contribution is 2.08. The molecule has 0 radical (unpaired) electrons. The summed E-state index contributed by atoms with van der Waals surface area (Å²) >= 11 is 0. The molecular weight excluding hydrogens is 234 g/mol. The Hall–Kier alpha value is -1.40. The molecule has 0 unspecified atom stereocenters. The van der Waals surface area contributed by atoms with E-state index < -0.39 is 0 Å². The Balaban J connectivity index is 2.13. The van der Waals surface area contributed by atoms with Crippen molar-refractivity contribution in [2.45, 2.75) is 13.3 Å². The van der Waals surface area contributed by atoms with Gasteiger partial charge in [0.15, 0.2) is 0 Å². The Bertz CT molecular complexity index is 323. The van der Waals surface area contributed by atoms with Gasteiger partial charge in [-0.15, -0.1) is 0 Å². The van der Waals surface area contributed by atoms with Gasteiger partial charge in [-0.3, -0.25) is 0 Å². The Morgan fingerprint density at radius 1 is 1.22 bits per heavy atom. The SMILES string of the molecule is CCNc1nccc(OCCCOCCOC)n1. The van der Waals surface area contributed by atoms with E-state index in [-0.39, 0.29) is 0 Å². The molecule has 0 aliphatic heterocycles. The molecule has 0 fully saturated rings. The van der Waals surface area contributed by atoms with Crippen molar-refractivity contribution in [2.24, 2.45) is 0 Å². The Morgan fingerprint density at radius 2 is 2.11 bits per heavy atom. The maximum atomic E-state index is 5.50. The summed E-state index contributed by atoms with van der Waals surface area (Å²) in [4.78, 5) is 8.27. The highest BCUT2D eigenvalue weighted by molar-refractivity contribution is 5.26. The molecule has 0 atom stereocenters. The molecule has 18 heavy (non-hydrogen) atoms. The first-order valence-electron chi connectivity index (χ1n) is 6.13. The smallest absolute Gasteiger partial charge is 0.225 e. The van der Waals surface area contributed by atoms with Crippen LogP contribution in [0.2, 0.25) is 0 Å². The second kappa shape index (κ2) is 9.61. The van der Waals surface area contributed by atoms with Crippen molar-refractivity contribution in [1.29, 1.82) is 0 Å². The van der Waals surface area contributed by atoms with E-state index in [1.807, 2.05) is 6.92 Å². The lowest BCUT2D eigenvalue weighted by Crippen LogP contribution is -2.08. The highest BCUT2D eigenvalue weighted by Gasteiger charge is 1.98. The molecule has 0 aliphatic rings. The lowest BCUT2D eigenvalue weighted by molar-refractivity contribution is 0.0642. The third kappa shape index (κ3) is 6.36. The van der Waals surface area contributed by atoms with E-state index in [9.17, 15) is 0 Å². The summed E-state index contributed by atoms with van der Waals surface area (Å²) in [5, 5.41) is 3.03. The monoisotopic (exact) mass is 255 g/mol. The molecule has 1 N–H and O–H groups in total. The second-order valence-corrected chi connectivity index (χ2v) is 3.56. The van der Waals surface area contributed by atoms with Crippen LogP contribution in [-0.2, 0) is 9.47 Å². The summed E-state index contributed by atoms with van der Waals surface area (Å²) in [6.45, 7) is 5.27. The van der Waals surface area contributed by atoms with Crippen LogP contribution in [0.5, 0.6) is 5.88 Å². The third-order valence-electron chi connectivity index (χ3n) is 2.08. The van der Waals surface area contributed by atoms with Gasteiger partial charge in [-0.1, -0.05) is 0 Å². The minimum Gasteiger partial charge on any atom is -0.477 e. The van der Waals surface area contributed by atoms with Crippen LogP contribution in [0.15, 0.2) is 12.3 Å². The molecular formula is C12H21N3O3. The molecule has 0 saturated heterocycles. The van der Waals surface area contributed by atoms with Crippen molar-refractivity contribution in [3.8, 4) is 5.88 Å². The van der Waals surface area contributed by atoms with Gasteiger partial charge in [-0.2, -0.15) is 4.98 Å². The van der Waals surface area contributed by atoms with Crippen LogP contribution >= 0.6 is 0 Å². The summed E-state index contributed by atoms with van der Waals surface area (Å²) in [5.41, 5.74) is 0. The summed E-state index contributed by atoms with van der Waals surface area (Å²) in [7, 11) is 1.66. The zero-order valence-electron chi connectivity index (χ0n) is 11.0. The van der Waals surface area contributed by atoms with Crippen LogP contribution in [0.1, 0.15) is 13.3 Å². The lowest BCUT2D eigenvalue weighted by atomic mass is 10.5. The van der Waals surface area contributed by atoms with Crippen LogP contribution in [0.25, 0.3) is 0 Å². The quantitative estimate of drug-likeness (QED) is 0.636. The maximum absolute atomic E-state index is 5.50. The Labute approximate surface area is 108 Å². The highest BCUT2D eigenvalue weighted by atomic mass is 16.5. The number of rotatable bonds is 10. The lowest BCUT2D eigenvalue weighted by Gasteiger charge is -2.07. The first-order chi connectivity index (χ1) is 8.86. The van der Waals surface area contributed by atoms with Gasteiger partial charge >= 0.3 is 0 Å². The molecule has 1 rings (SSSR count). The van der Waals surface area contributed by atoms with Crippen molar-refractivity contribution in [3.63, 3.8) is 0 Å². The minimum absolute atomic E-state index is 0.579. The predicted octanol–water partition coefficient (Wildman–Crippen LogP) is 1.34. The summed E-state index contributed by atoms with van der Waals surface area (Å²) in [6, 6.07) is 1.74. The van der Waals surface area contributed by atoms with Crippen molar-refractivity contribution < 1.29 is 14.2 Å². The van der Waals surface area contributed by atoms with E-state index in [1.54, 1.807) is 19.4 Å². The average molecular weight is 255 g/mol. The number of nitrogens with one attached hydrogen (secondary N) is 1. The van der Waals surface area contributed by atoms with Crippen LogP contribution in [0.4, 0.5) is 5.95 Å². The van der Waals surface area contributed by atoms with E-state index in [0.717, 1.165) is 13.0 Å². The summed E-state index contributed by atoms with van der Waals surface area (Å²) < 4.78 is 15.7. The van der Waals surface area contributed by atoms with Crippen LogP contribution in [0, 0.1) is 0 Å². The summed E-state index contributed by atoms with van der Waals surface area (Å²) in [6.07, 6.45) is 2.50. The van der Waals surface area contributed by atoms with Crippen LogP contribution in [-0.4, -0.2) is 50.1 Å². The number of aromatic nitrogens is 2. The van der Waals surface area contributed by atoms with Gasteiger partial charge in [0.1, 0.15) is 0 Å². The molecule has 102 valence electrons. The van der Waals surface area contributed by atoms with E-state index in [0.29, 0.717) is 38.3 Å². The number of anilines is 1. The van der Waals surface area contributed by atoms with Gasteiger partial charge < -0.3 is 19.5 Å². The van der Waals surface area contributed by atoms with Gasteiger partial charge in [0, 0.05) is 38.9 Å². The molecule has 0 aliphatic carbocycles. The number of methoxy groups -OCH3 is 1. The largest absolute Gasteiger partial charge is 0.477 e. The minimum atomic E-state index is 0.579. The number of hydrogen-bond donors (Lipinski definition) is 1. The van der Waals surface area contributed by atoms with Gasteiger partial charge in [-0.25, -0.2) is 4.98 Å². The second-order valence-electron chi connectivity index (χ2n) is 3.56. The molecule has 0 spiro atoms. The van der Waals surface area contributed by atoms with Gasteiger partial charge in [0.25, 0.3) is 0 Å². The molecule has 0 aromatic carbocycles. The Morgan fingerprint density at radius 3 is 2.89 bits per heavy atom. The first-order valence-corrected chi connectivity index (χ1v) is 6.13. The van der Waals surface area contributed by atoms with Crippen LogP contribution < -0.4 is 10.1 Å². The molecule has 0 amide bonds. The predicted molar refractivity (Wildman–Crippen MR) is 69.0 cm³/mol. The fraction of sp³-hybridized carbons (Fsp3) is 0.667. The molecule has 6 nitrogen and oxygen atoms in total. The van der Waals surface area contributed by atoms with Gasteiger partial charge in [0.2, 0.25) is 11.8 Å². The number of nitrogens with zero attached hydrogens (tertiary/aromatic N) is 2. The standard InChI is InChI=1S/C12H21N3O3/c1-3-13-12-14-6-5-11(15-12)18-8-4-7-17-10-9-16-2/h5-6H,3-4,7-10H2,1-2H3,(H,13,14,15). The van der Waals surface area contributed by atoms with E-state index in [4.69, 9.17) is 14.2 Å². The normalized spacial score (nSPS) is 10.3. The molecule has 1 aromatic heterocycles. The van der Waals surface area contributed by atoms with Crippen molar-refractivity contribution in [1.82, 2.24) is 9.97 Å². The molecule has 0 bridgehead atoms. The number of hydrogen-bond acceptors (Lipinski definition) is 6.